The number of carboxylic acids is 1. The molecule has 2 aromatic carbocycles. The molecule has 0 heterocycles. The Labute approximate surface area is 265 Å². The van der Waals surface area contributed by atoms with Crippen LogP contribution < -0.4 is 32.7 Å². The van der Waals surface area contributed by atoms with Crippen molar-refractivity contribution in [1.82, 2.24) is 21.3 Å². The van der Waals surface area contributed by atoms with Gasteiger partial charge in [0.1, 0.15) is 24.2 Å². The predicted octanol–water partition coefficient (Wildman–Crippen LogP) is 1.02. The summed E-state index contributed by atoms with van der Waals surface area (Å²) in [7, 11) is 0. The summed E-state index contributed by atoms with van der Waals surface area (Å²) in [5, 5.41) is 20.3. The Morgan fingerprint density at radius 3 is 1.71 bits per heavy atom. The van der Waals surface area contributed by atoms with Gasteiger partial charge in [-0.2, -0.15) is 0 Å². The summed E-state index contributed by atoms with van der Waals surface area (Å²) in [5.41, 5.74) is 13.3. The van der Waals surface area contributed by atoms with E-state index in [-0.39, 0.29) is 25.2 Å². The second-order valence-electron chi connectivity index (χ2n) is 11.7. The van der Waals surface area contributed by atoms with Crippen molar-refractivity contribution in [3.8, 4) is 0 Å². The molecule has 0 bridgehead atoms. The van der Waals surface area contributed by atoms with Gasteiger partial charge >= 0.3 is 5.97 Å². The van der Waals surface area contributed by atoms with Crippen LogP contribution in [0.2, 0.25) is 0 Å². The van der Waals surface area contributed by atoms with Crippen molar-refractivity contribution in [2.45, 2.75) is 89.5 Å². The zero-order valence-electron chi connectivity index (χ0n) is 26.3. The van der Waals surface area contributed by atoms with Crippen LogP contribution in [0.25, 0.3) is 0 Å². The van der Waals surface area contributed by atoms with Gasteiger partial charge in [-0.1, -0.05) is 74.5 Å². The van der Waals surface area contributed by atoms with Crippen molar-refractivity contribution in [3.05, 3.63) is 71.8 Å². The smallest absolute Gasteiger partial charge is 0.326 e. The first kappa shape index (κ1) is 36.9. The van der Waals surface area contributed by atoms with Gasteiger partial charge in [0, 0.05) is 6.42 Å². The number of hydrogen-bond donors (Lipinski definition) is 7. The number of rotatable bonds is 19. The average molecular weight is 625 g/mol. The van der Waals surface area contributed by atoms with E-state index in [2.05, 4.69) is 21.3 Å². The highest BCUT2D eigenvalue weighted by Gasteiger charge is 2.31. The van der Waals surface area contributed by atoms with Crippen molar-refractivity contribution in [3.63, 3.8) is 0 Å². The first-order valence-corrected chi connectivity index (χ1v) is 15.4. The third-order valence-electron chi connectivity index (χ3n) is 7.20. The Bertz CT molecular complexity index is 1240. The van der Waals surface area contributed by atoms with Crippen LogP contribution in [0.1, 0.15) is 57.6 Å². The summed E-state index contributed by atoms with van der Waals surface area (Å²) >= 11 is 0. The van der Waals surface area contributed by atoms with Crippen LogP contribution in [0.15, 0.2) is 60.7 Å². The number of benzene rings is 2. The minimum absolute atomic E-state index is 0.0148. The number of carboxylic acid groups (broad SMARTS) is 1. The molecule has 0 aliphatic rings. The van der Waals surface area contributed by atoms with E-state index < -0.39 is 59.8 Å². The molecule has 0 fully saturated rings. The molecule has 2 aromatic rings. The lowest BCUT2D eigenvalue weighted by atomic mass is 10.0. The summed E-state index contributed by atoms with van der Waals surface area (Å²) in [6.07, 6.45) is 1.97. The zero-order valence-corrected chi connectivity index (χ0v) is 26.3. The summed E-state index contributed by atoms with van der Waals surface area (Å²) in [4.78, 5) is 64.5. The van der Waals surface area contributed by atoms with E-state index in [0.717, 1.165) is 11.1 Å². The van der Waals surface area contributed by atoms with E-state index in [1.807, 2.05) is 50.2 Å². The van der Waals surface area contributed by atoms with Gasteiger partial charge in [-0.3, -0.25) is 19.2 Å². The topological polar surface area (TPSA) is 206 Å². The van der Waals surface area contributed by atoms with Crippen LogP contribution in [0.5, 0.6) is 0 Å². The second kappa shape index (κ2) is 19.2. The average Bonchev–Trinajstić information content (AvgIpc) is 3.00. The Morgan fingerprint density at radius 2 is 1.18 bits per heavy atom. The van der Waals surface area contributed by atoms with Crippen LogP contribution in [-0.2, 0) is 36.8 Å². The molecule has 246 valence electrons. The predicted molar refractivity (Wildman–Crippen MR) is 172 cm³/mol. The Morgan fingerprint density at radius 1 is 0.667 bits per heavy atom. The SMILES string of the molecule is CC(C)C[C@H](NC(=O)[C@H](CCCCN)NC(=O)[C@H](C)NC(=O)[C@@H](N)Cc1ccccc1)C(=O)N[C@@H](Cc1ccccc1)C(=O)O. The molecule has 0 saturated carbocycles. The Kier molecular flexibility index (Phi) is 15.7. The quantitative estimate of drug-likeness (QED) is 0.112. The van der Waals surface area contributed by atoms with E-state index in [1.54, 1.807) is 24.3 Å². The highest BCUT2D eigenvalue weighted by molar-refractivity contribution is 5.95. The minimum atomic E-state index is -1.20. The molecule has 12 heteroatoms. The molecule has 0 unspecified atom stereocenters. The van der Waals surface area contributed by atoms with Crippen molar-refractivity contribution in [2.75, 3.05) is 6.54 Å². The van der Waals surface area contributed by atoms with Crippen LogP contribution in [0, 0.1) is 5.92 Å². The summed E-state index contributed by atoms with van der Waals surface area (Å²) in [5.74, 6) is -3.56. The van der Waals surface area contributed by atoms with Gasteiger partial charge < -0.3 is 37.8 Å². The molecule has 45 heavy (non-hydrogen) atoms. The molecule has 0 radical (unpaired) electrons. The Hall–Kier alpha value is -4.29. The molecule has 0 aromatic heterocycles. The van der Waals surface area contributed by atoms with Crippen molar-refractivity contribution >= 4 is 29.6 Å². The van der Waals surface area contributed by atoms with Gasteiger partial charge in [0.05, 0.1) is 6.04 Å². The van der Waals surface area contributed by atoms with Gasteiger partial charge in [-0.05, 0) is 62.6 Å². The fourth-order valence-corrected chi connectivity index (χ4v) is 4.70. The fourth-order valence-electron chi connectivity index (χ4n) is 4.70. The molecule has 0 spiro atoms. The fraction of sp³-hybridized carbons (Fsp3) is 0.485. The summed E-state index contributed by atoms with van der Waals surface area (Å²) in [6.45, 7) is 5.63. The molecule has 0 aliphatic heterocycles. The maximum Gasteiger partial charge on any atom is 0.326 e. The number of aliphatic carboxylic acids is 1. The Balaban J connectivity index is 2.09. The lowest BCUT2D eigenvalue weighted by Crippen LogP contribution is -2.58. The molecule has 0 saturated heterocycles. The summed E-state index contributed by atoms with van der Waals surface area (Å²) < 4.78 is 0. The molecule has 2 rings (SSSR count). The van der Waals surface area contributed by atoms with Gasteiger partial charge in [0.15, 0.2) is 0 Å². The molecule has 12 nitrogen and oxygen atoms in total. The number of unbranched alkanes of at least 4 members (excludes halogenated alkanes) is 1. The van der Waals surface area contributed by atoms with Crippen LogP contribution in [0.4, 0.5) is 0 Å². The van der Waals surface area contributed by atoms with Crippen molar-refractivity contribution in [2.24, 2.45) is 17.4 Å². The maximum atomic E-state index is 13.5. The minimum Gasteiger partial charge on any atom is -0.480 e. The van der Waals surface area contributed by atoms with E-state index in [9.17, 15) is 29.1 Å². The second-order valence-corrected chi connectivity index (χ2v) is 11.7. The van der Waals surface area contributed by atoms with E-state index in [0.29, 0.717) is 25.8 Å². The standard InChI is InChI=1S/C33H48N6O6/c1-21(2)18-27(32(43)39-28(33(44)45)20-24-14-8-5-9-15-24)38-31(42)26(16-10-11-17-34)37-29(40)22(3)36-30(41)25(35)19-23-12-6-4-7-13-23/h4-9,12-15,21-22,25-28H,10-11,16-20,34-35H2,1-3H3,(H,36,41)(H,37,40)(H,38,42)(H,39,43)(H,44,45)/t22-,25-,26-,27-,28-/m0/s1. The maximum absolute atomic E-state index is 13.5. The largest absolute Gasteiger partial charge is 0.480 e. The number of amides is 4. The zero-order chi connectivity index (χ0) is 33.4. The lowest BCUT2D eigenvalue weighted by Gasteiger charge is -2.26. The van der Waals surface area contributed by atoms with Gasteiger partial charge in [-0.25, -0.2) is 4.79 Å². The van der Waals surface area contributed by atoms with Gasteiger partial charge in [-0.15, -0.1) is 0 Å². The molecule has 4 amide bonds. The monoisotopic (exact) mass is 624 g/mol. The van der Waals surface area contributed by atoms with Crippen LogP contribution in [-0.4, -0.2) is 71.5 Å². The normalized spacial score (nSPS) is 14.4. The third kappa shape index (κ3) is 13.5. The van der Waals surface area contributed by atoms with E-state index >= 15 is 0 Å². The van der Waals surface area contributed by atoms with E-state index in [4.69, 9.17) is 11.5 Å². The first-order valence-electron chi connectivity index (χ1n) is 15.4. The van der Waals surface area contributed by atoms with Crippen LogP contribution in [0.3, 0.4) is 0 Å². The molecule has 0 aliphatic carbocycles. The van der Waals surface area contributed by atoms with Gasteiger partial charge in [0.2, 0.25) is 23.6 Å². The number of carbonyl (C=O) groups is 5. The number of nitrogens with one attached hydrogen (secondary N) is 4. The highest BCUT2D eigenvalue weighted by atomic mass is 16.4. The third-order valence-corrected chi connectivity index (χ3v) is 7.20. The lowest BCUT2D eigenvalue weighted by molar-refractivity contribution is -0.142. The first-order chi connectivity index (χ1) is 21.4. The van der Waals surface area contributed by atoms with Crippen molar-refractivity contribution in [1.29, 1.82) is 0 Å². The van der Waals surface area contributed by atoms with Gasteiger partial charge in [0.25, 0.3) is 0 Å². The van der Waals surface area contributed by atoms with Crippen LogP contribution >= 0.6 is 0 Å². The molecule has 9 N–H and O–H groups in total. The summed E-state index contributed by atoms with van der Waals surface area (Å²) in [6, 6.07) is 13.0. The molecular formula is C33H48N6O6. The highest BCUT2D eigenvalue weighted by Crippen LogP contribution is 2.10. The molecular weight excluding hydrogens is 576 g/mol. The number of carbonyl (C=O) groups excluding carboxylic acids is 4. The van der Waals surface area contributed by atoms with E-state index in [1.165, 1.54) is 6.92 Å². The number of nitrogens with two attached hydrogens (primary N) is 2. The molecule has 5 atom stereocenters. The number of hydrogen-bond acceptors (Lipinski definition) is 7. The van der Waals surface area contributed by atoms with Crippen molar-refractivity contribution < 1.29 is 29.1 Å².